The van der Waals surface area contributed by atoms with Crippen LogP contribution in [0.25, 0.3) is 4.83 Å². The third kappa shape index (κ3) is 1.64. The van der Waals surface area contributed by atoms with E-state index in [4.69, 9.17) is 11.6 Å². The van der Waals surface area contributed by atoms with Crippen molar-refractivity contribution in [3.63, 3.8) is 0 Å². The van der Waals surface area contributed by atoms with Crippen molar-refractivity contribution in [1.82, 2.24) is 4.40 Å². The van der Waals surface area contributed by atoms with Crippen molar-refractivity contribution >= 4 is 33.7 Å². The number of esters is 1. The summed E-state index contributed by atoms with van der Waals surface area (Å²) in [6.07, 6.45) is 0. The maximum atomic E-state index is 11.6. The van der Waals surface area contributed by atoms with Crippen LogP contribution >= 0.6 is 22.9 Å². The second-order valence-corrected chi connectivity index (χ2v) is 4.08. The van der Waals surface area contributed by atoms with Gasteiger partial charge in [0.1, 0.15) is 9.98 Å². The molecular formula is C9H6ClNO3S. The van der Waals surface area contributed by atoms with Crippen LogP contribution in [0.15, 0.2) is 22.3 Å². The quantitative estimate of drug-likeness (QED) is 0.718. The molecule has 4 nitrogen and oxygen atoms in total. The zero-order valence-corrected chi connectivity index (χ0v) is 9.26. The molecule has 0 atom stereocenters. The number of methoxy groups -OCH3 is 1. The molecule has 15 heavy (non-hydrogen) atoms. The van der Waals surface area contributed by atoms with Crippen molar-refractivity contribution < 1.29 is 9.53 Å². The Morgan fingerprint density at radius 1 is 1.53 bits per heavy atom. The number of pyridine rings is 1. The largest absolute Gasteiger partial charge is 0.465 e. The number of thiazole rings is 1. The molecule has 0 unspecified atom stereocenters. The van der Waals surface area contributed by atoms with E-state index in [9.17, 15) is 9.59 Å². The minimum absolute atomic E-state index is 0.237. The molecule has 0 aliphatic heterocycles. The summed E-state index contributed by atoms with van der Waals surface area (Å²) in [5, 5.41) is 1.98. The molecule has 0 bridgehead atoms. The number of aromatic nitrogens is 1. The Labute approximate surface area is 93.7 Å². The number of carbonyl (C=O) groups excluding carboxylic acids is 1. The molecule has 0 fully saturated rings. The fourth-order valence-corrected chi connectivity index (χ4v) is 2.41. The standard InChI is InChI=1S/C9H6ClNO3S/c1-14-9(13)5-2-7(12)11-6(10)4-15-8(11)3-5/h2-4H,1H3. The Kier molecular flexibility index (Phi) is 2.50. The topological polar surface area (TPSA) is 47.8 Å². The molecule has 0 saturated carbocycles. The van der Waals surface area contributed by atoms with Gasteiger partial charge in [0.05, 0.1) is 12.7 Å². The van der Waals surface area contributed by atoms with Crippen LogP contribution in [0.4, 0.5) is 0 Å². The molecule has 0 amide bonds. The van der Waals surface area contributed by atoms with Crippen LogP contribution in [-0.4, -0.2) is 17.5 Å². The molecule has 0 saturated heterocycles. The summed E-state index contributed by atoms with van der Waals surface area (Å²) in [7, 11) is 1.27. The second kappa shape index (κ2) is 3.67. The molecule has 2 aromatic heterocycles. The lowest BCUT2D eigenvalue weighted by Gasteiger charge is -1.99. The first-order valence-corrected chi connectivity index (χ1v) is 5.27. The van der Waals surface area contributed by atoms with E-state index in [0.29, 0.717) is 9.98 Å². The van der Waals surface area contributed by atoms with Crippen LogP contribution < -0.4 is 5.56 Å². The summed E-state index contributed by atoms with van der Waals surface area (Å²) >= 11 is 7.09. The summed E-state index contributed by atoms with van der Waals surface area (Å²) in [6.45, 7) is 0. The lowest BCUT2D eigenvalue weighted by Crippen LogP contribution is -2.14. The highest BCUT2D eigenvalue weighted by Crippen LogP contribution is 2.19. The maximum Gasteiger partial charge on any atom is 0.338 e. The van der Waals surface area contributed by atoms with Crippen LogP contribution in [0.2, 0.25) is 5.15 Å². The summed E-state index contributed by atoms with van der Waals surface area (Å²) in [5.41, 5.74) is -0.0971. The predicted octanol–water partition coefficient (Wildman–Crippen LogP) is 1.80. The van der Waals surface area contributed by atoms with Gasteiger partial charge in [0.2, 0.25) is 0 Å². The molecule has 0 N–H and O–H groups in total. The SMILES string of the molecule is COC(=O)c1cc(=O)n2c(Cl)csc2c1. The van der Waals surface area contributed by atoms with Gasteiger partial charge in [-0.2, -0.15) is 0 Å². The van der Waals surface area contributed by atoms with E-state index in [1.54, 1.807) is 11.4 Å². The molecule has 0 aromatic carbocycles. The fraction of sp³-hybridized carbons (Fsp3) is 0.111. The number of rotatable bonds is 1. The van der Waals surface area contributed by atoms with Crippen molar-refractivity contribution in [2.75, 3.05) is 7.11 Å². The molecule has 78 valence electrons. The molecule has 2 aromatic rings. The van der Waals surface area contributed by atoms with E-state index in [0.717, 1.165) is 0 Å². The number of hydrogen-bond donors (Lipinski definition) is 0. The van der Waals surface area contributed by atoms with Gasteiger partial charge in [-0.1, -0.05) is 11.6 Å². The van der Waals surface area contributed by atoms with Gasteiger partial charge in [-0.25, -0.2) is 4.79 Å². The van der Waals surface area contributed by atoms with Crippen molar-refractivity contribution in [3.8, 4) is 0 Å². The zero-order chi connectivity index (χ0) is 11.0. The Balaban J connectivity index is 2.74. The normalized spacial score (nSPS) is 10.5. The number of ether oxygens (including phenoxy) is 1. The average Bonchev–Trinajstić information content (AvgIpc) is 2.59. The minimum atomic E-state index is -0.529. The summed E-state index contributed by atoms with van der Waals surface area (Å²) < 4.78 is 5.86. The molecule has 2 rings (SSSR count). The van der Waals surface area contributed by atoms with Crippen molar-refractivity contribution in [1.29, 1.82) is 0 Å². The van der Waals surface area contributed by atoms with Crippen molar-refractivity contribution in [2.24, 2.45) is 0 Å². The smallest absolute Gasteiger partial charge is 0.338 e. The van der Waals surface area contributed by atoms with Gasteiger partial charge in [-0.05, 0) is 6.07 Å². The van der Waals surface area contributed by atoms with Crippen LogP contribution in [-0.2, 0) is 4.74 Å². The second-order valence-electron chi connectivity index (χ2n) is 2.81. The lowest BCUT2D eigenvalue weighted by atomic mass is 10.3. The highest BCUT2D eigenvalue weighted by Gasteiger charge is 2.11. The van der Waals surface area contributed by atoms with Crippen LogP contribution in [0.3, 0.4) is 0 Å². The minimum Gasteiger partial charge on any atom is -0.465 e. The first-order chi connectivity index (χ1) is 7.13. The van der Waals surface area contributed by atoms with Gasteiger partial charge in [-0.3, -0.25) is 9.20 Å². The number of halogens is 1. The van der Waals surface area contributed by atoms with Gasteiger partial charge in [0.25, 0.3) is 5.56 Å². The maximum absolute atomic E-state index is 11.6. The number of hydrogen-bond acceptors (Lipinski definition) is 4. The van der Waals surface area contributed by atoms with Gasteiger partial charge in [-0.15, -0.1) is 11.3 Å². The summed E-state index contributed by atoms with van der Waals surface area (Å²) in [4.78, 5) is 23.4. The van der Waals surface area contributed by atoms with Gasteiger partial charge >= 0.3 is 5.97 Å². The van der Waals surface area contributed by atoms with E-state index >= 15 is 0 Å². The lowest BCUT2D eigenvalue weighted by molar-refractivity contribution is 0.0600. The number of nitrogens with zero attached hydrogens (tertiary/aromatic N) is 1. The van der Waals surface area contributed by atoms with E-state index in [1.165, 1.54) is 28.9 Å². The van der Waals surface area contributed by atoms with Gasteiger partial charge < -0.3 is 4.74 Å². The molecule has 0 aliphatic rings. The molecule has 2 heterocycles. The van der Waals surface area contributed by atoms with E-state index in [1.807, 2.05) is 0 Å². The molecule has 6 heteroatoms. The molecule has 0 spiro atoms. The number of fused-ring (bicyclic) bond motifs is 1. The fourth-order valence-electron chi connectivity index (χ4n) is 1.24. The van der Waals surface area contributed by atoms with Crippen LogP contribution in [0.5, 0.6) is 0 Å². The molecule has 0 aliphatic carbocycles. The van der Waals surface area contributed by atoms with Crippen LogP contribution in [0, 0.1) is 0 Å². The van der Waals surface area contributed by atoms with E-state index in [-0.39, 0.29) is 11.1 Å². The van der Waals surface area contributed by atoms with Crippen LogP contribution in [0.1, 0.15) is 10.4 Å². The summed E-state index contributed by atoms with van der Waals surface area (Å²) in [6, 6.07) is 2.78. The van der Waals surface area contributed by atoms with Crippen molar-refractivity contribution in [2.45, 2.75) is 0 Å². The van der Waals surface area contributed by atoms with E-state index < -0.39 is 5.97 Å². The van der Waals surface area contributed by atoms with Gasteiger partial charge in [0.15, 0.2) is 0 Å². The third-order valence-electron chi connectivity index (χ3n) is 1.91. The Morgan fingerprint density at radius 3 is 2.93 bits per heavy atom. The summed E-state index contributed by atoms with van der Waals surface area (Å²) in [5.74, 6) is -0.529. The average molecular weight is 244 g/mol. The predicted molar refractivity (Wildman–Crippen MR) is 57.9 cm³/mol. The number of carbonyl (C=O) groups is 1. The first-order valence-electron chi connectivity index (χ1n) is 4.01. The van der Waals surface area contributed by atoms with E-state index in [2.05, 4.69) is 4.74 Å². The highest BCUT2D eigenvalue weighted by molar-refractivity contribution is 7.16. The van der Waals surface area contributed by atoms with Gasteiger partial charge in [0, 0.05) is 11.4 Å². The van der Waals surface area contributed by atoms with Crippen molar-refractivity contribution in [3.05, 3.63) is 38.6 Å². The molecule has 0 radical (unpaired) electrons. The highest BCUT2D eigenvalue weighted by atomic mass is 35.5. The monoisotopic (exact) mass is 243 g/mol. The zero-order valence-electron chi connectivity index (χ0n) is 7.69. The Bertz CT molecular complexity index is 587. The molecular weight excluding hydrogens is 238 g/mol. The first kappa shape index (κ1) is 10.2. The Morgan fingerprint density at radius 2 is 2.27 bits per heavy atom. The Hall–Kier alpha value is -1.33. The third-order valence-corrected chi connectivity index (χ3v) is 3.20.